The predicted octanol–water partition coefficient (Wildman–Crippen LogP) is 3.88. The van der Waals surface area contributed by atoms with Crippen molar-refractivity contribution in [3.05, 3.63) is 54.3 Å². The van der Waals surface area contributed by atoms with E-state index in [0.717, 1.165) is 5.39 Å². The molecule has 3 rings (SSSR count). The van der Waals surface area contributed by atoms with Gasteiger partial charge in [-0.15, -0.1) is 0 Å². The van der Waals surface area contributed by atoms with Crippen molar-refractivity contribution in [2.24, 2.45) is 0 Å². The lowest BCUT2D eigenvalue weighted by Crippen LogP contribution is -2.26. The fourth-order valence-electron chi connectivity index (χ4n) is 2.65. The lowest BCUT2D eigenvalue weighted by Gasteiger charge is -2.12. The molecule has 0 aliphatic carbocycles. The molecule has 0 unspecified atom stereocenters. The van der Waals surface area contributed by atoms with Crippen LogP contribution in [0.15, 0.2) is 57.8 Å². The Morgan fingerprint density at radius 1 is 1.15 bits per heavy atom. The highest BCUT2D eigenvalue weighted by Gasteiger charge is 2.21. The molecule has 0 saturated heterocycles. The van der Waals surface area contributed by atoms with Crippen LogP contribution in [0.5, 0.6) is 11.5 Å². The summed E-state index contributed by atoms with van der Waals surface area (Å²) in [5.74, 6) is 1.75. The minimum Gasteiger partial charge on any atom is -0.497 e. The third-order valence-corrected chi connectivity index (χ3v) is 5.51. The first-order chi connectivity index (χ1) is 12.4. The number of nitrogens with one attached hydrogen (secondary N) is 1. The zero-order chi connectivity index (χ0) is 18.7. The van der Waals surface area contributed by atoms with Gasteiger partial charge < -0.3 is 13.9 Å². The van der Waals surface area contributed by atoms with Gasteiger partial charge in [-0.05, 0) is 50.2 Å². The maximum absolute atomic E-state index is 12.6. The van der Waals surface area contributed by atoms with Gasteiger partial charge in [0.25, 0.3) is 0 Å². The molecule has 6 nitrogen and oxygen atoms in total. The molecule has 0 spiro atoms. The lowest BCUT2D eigenvalue weighted by atomic mass is 10.2. The van der Waals surface area contributed by atoms with Crippen molar-refractivity contribution in [1.82, 2.24) is 4.72 Å². The summed E-state index contributed by atoms with van der Waals surface area (Å²) in [4.78, 5) is 0.163. The van der Waals surface area contributed by atoms with Crippen molar-refractivity contribution in [3.8, 4) is 11.5 Å². The van der Waals surface area contributed by atoms with Crippen molar-refractivity contribution in [2.75, 3.05) is 13.7 Å². The zero-order valence-corrected chi connectivity index (χ0v) is 15.7. The average Bonchev–Trinajstić information content (AvgIpc) is 3.07. The highest BCUT2D eigenvalue weighted by molar-refractivity contribution is 7.89. The van der Waals surface area contributed by atoms with Crippen LogP contribution in [0.4, 0.5) is 0 Å². The van der Waals surface area contributed by atoms with E-state index in [0.29, 0.717) is 29.4 Å². The van der Waals surface area contributed by atoms with Crippen LogP contribution in [0.25, 0.3) is 11.0 Å². The first-order valence-electron chi connectivity index (χ1n) is 8.26. The smallest absolute Gasteiger partial charge is 0.241 e. The van der Waals surface area contributed by atoms with Gasteiger partial charge in [0.1, 0.15) is 11.5 Å². The summed E-state index contributed by atoms with van der Waals surface area (Å²) in [6, 6.07) is 13.1. The summed E-state index contributed by atoms with van der Waals surface area (Å²) in [5.41, 5.74) is 0.611. The molecule has 0 bridgehead atoms. The predicted molar refractivity (Wildman–Crippen MR) is 99.1 cm³/mol. The van der Waals surface area contributed by atoms with E-state index in [1.54, 1.807) is 19.1 Å². The molecule has 1 heterocycles. The van der Waals surface area contributed by atoms with Crippen LogP contribution < -0.4 is 14.2 Å². The fourth-order valence-corrected chi connectivity index (χ4v) is 3.86. The molecule has 0 saturated carbocycles. The van der Waals surface area contributed by atoms with Crippen LogP contribution in [0, 0.1) is 0 Å². The number of sulfonamides is 1. The van der Waals surface area contributed by atoms with Crippen LogP contribution in [0.2, 0.25) is 0 Å². The number of fused-ring (bicyclic) bond motifs is 1. The Kier molecular flexibility index (Phi) is 5.20. The van der Waals surface area contributed by atoms with Crippen LogP contribution in [0.3, 0.4) is 0 Å². The Morgan fingerprint density at radius 2 is 1.88 bits per heavy atom. The molecule has 1 atom stereocenters. The maximum atomic E-state index is 12.6. The lowest BCUT2D eigenvalue weighted by molar-refractivity contribution is 0.336. The normalized spacial score (nSPS) is 12.9. The van der Waals surface area contributed by atoms with Gasteiger partial charge in [-0.25, -0.2) is 13.1 Å². The third kappa shape index (κ3) is 3.68. The van der Waals surface area contributed by atoms with Crippen molar-refractivity contribution in [3.63, 3.8) is 0 Å². The quantitative estimate of drug-likeness (QED) is 0.678. The number of furan rings is 1. The molecule has 26 heavy (non-hydrogen) atoms. The van der Waals surface area contributed by atoms with Gasteiger partial charge in [0.05, 0.1) is 24.7 Å². The summed E-state index contributed by atoms with van der Waals surface area (Å²) in [6.45, 7) is 4.15. The van der Waals surface area contributed by atoms with Gasteiger partial charge in [-0.3, -0.25) is 0 Å². The van der Waals surface area contributed by atoms with Crippen molar-refractivity contribution in [1.29, 1.82) is 0 Å². The van der Waals surface area contributed by atoms with Gasteiger partial charge >= 0.3 is 0 Å². The molecular weight excluding hydrogens is 354 g/mol. The highest BCUT2D eigenvalue weighted by atomic mass is 32.2. The first kappa shape index (κ1) is 18.3. The van der Waals surface area contributed by atoms with Crippen LogP contribution in [-0.4, -0.2) is 22.1 Å². The third-order valence-electron chi connectivity index (χ3n) is 3.96. The van der Waals surface area contributed by atoms with Crippen molar-refractivity contribution < 1.29 is 22.3 Å². The standard InChI is InChI=1S/C19H21NO5S/c1-4-24-17-7-5-6-14-12-18(25-19(14)17)13(2)20-26(21,22)16-10-8-15(23-3)9-11-16/h5-13,20H,4H2,1-3H3/t13-/m1/s1. The summed E-state index contributed by atoms with van der Waals surface area (Å²) in [5, 5.41) is 0.862. The summed E-state index contributed by atoms with van der Waals surface area (Å²) in [6.07, 6.45) is 0. The Bertz CT molecular complexity index is 992. The molecular formula is C19H21NO5S. The summed E-state index contributed by atoms with van der Waals surface area (Å²) >= 11 is 0. The minimum atomic E-state index is -3.69. The van der Waals surface area contributed by atoms with E-state index in [9.17, 15) is 8.42 Å². The largest absolute Gasteiger partial charge is 0.497 e. The molecule has 1 N–H and O–H groups in total. The number of ether oxygens (including phenoxy) is 2. The Balaban J connectivity index is 1.85. The van der Waals surface area contributed by atoms with Gasteiger partial charge in [-0.1, -0.05) is 12.1 Å². The highest BCUT2D eigenvalue weighted by Crippen LogP contribution is 2.31. The van der Waals surface area contributed by atoms with Crippen LogP contribution in [-0.2, 0) is 10.0 Å². The molecule has 0 amide bonds. The van der Waals surface area contributed by atoms with Crippen molar-refractivity contribution in [2.45, 2.75) is 24.8 Å². The van der Waals surface area contributed by atoms with Gasteiger partial charge in [0.15, 0.2) is 11.3 Å². The van der Waals surface area contributed by atoms with E-state index in [1.807, 2.05) is 31.2 Å². The molecule has 0 fully saturated rings. The SMILES string of the molecule is CCOc1cccc2cc([C@@H](C)NS(=O)(=O)c3ccc(OC)cc3)oc12. The van der Waals surface area contributed by atoms with Crippen LogP contribution in [0.1, 0.15) is 25.6 Å². The first-order valence-corrected chi connectivity index (χ1v) is 9.74. The topological polar surface area (TPSA) is 77.8 Å². The molecule has 2 aromatic carbocycles. The summed E-state index contributed by atoms with van der Waals surface area (Å²) < 4.78 is 44.3. The zero-order valence-electron chi connectivity index (χ0n) is 14.9. The van der Waals surface area contributed by atoms with Gasteiger partial charge in [-0.2, -0.15) is 0 Å². The minimum absolute atomic E-state index is 0.163. The number of para-hydroxylation sites is 1. The number of hydrogen-bond donors (Lipinski definition) is 1. The van der Waals surface area contributed by atoms with E-state index in [1.165, 1.54) is 19.2 Å². The second kappa shape index (κ2) is 7.39. The van der Waals surface area contributed by atoms with Gasteiger partial charge in [0.2, 0.25) is 10.0 Å². The van der Waals surface area contributed by atoms with E-state index in [2.05, 4.69) is 4.72 Å². The Morgan fingerprint density at radius 3 is 2.54 bits per heavy atom. The van der Waals surface area contributed by atoms with E-state index >= 15 is 0 Å². The van der Waals surface area contributed by atoms with Crippen LogP contribution >= 0.6 is 0 Å². The average molecular weight is 375 g/mol. The van der Waals surface area contributed by atoms with Gasteiger partial charge in [0, 0.05) is 5.39 Å². The second-order valence-corrected chi connectivity index (χ2v) is 7.49. The number of benzene rings is 2. The number of rotatable bonds is 7. The molecule has 0 radical (unpaired) electrons. The fraction of sp³-hybridized carbons (Fsp3) is 0.263. The number of methoxy groups -OCH3 is 1. The molecule has 138 valence electrons. The van der Waals surface area contributed by atoms with E-state index in [4.69, 9.17) is 13.9 Å². The Hall–Kier alpha value is -2.51. The summed E-state index contributed by atoms with van der Waals surface area (Å²) in [7, 11) is -2.16. The molecule has 3 aromatic rings. The monoisotopic (exact) mass is 375 g/mol. The molecule has 0 aliphatic heterocycles. The molecule has 0 aliphatic rings. The number of hydrogen-bond acceptors (Lipinski definition) is 5. The van der Waals surface area contributed by atoms with E-state index < -0.39 is 16.1 Å². The van der Waals surface area contributed by atoms with E-state index in [-0.39, 0.29) is 4.90 Å². The van der Waals surface area contributed by atoms with Crippen molar-refractivity contribution >= 4 is 21.0 Å². The Labute approximate surface area is 152 Å². The maximum Gasteiger partial charge on any atom is 0.241 e. The molecule has 7 heteroatoms. The molecule has 1 aromatic heterocycles. The second-order valence-electron chi connectivity index (χ2n) is 5.77.